The highest BCUT2D eigenvalue weighted by molar-refractivity contribution is 5.93. The Morgan fingerprint density at radius 2 is 1.68 bits per heavy atom. The second-order valence-electron chi connectivity index (χ2n) is 5.28. The molecule has 0 saturated carbocycles. The van der Waals surface area contributed by atoms with E-state index in [-0.39, 0.29) is 18.9 Å². The molecule has 25 heavy (non-hydrogen) atoms. The number of amides is 2. The fourth-order valence-electron chi connectivity index (χ4n) is 1.69. The maximum absolute atomic E-state index is 12.0. The van der Waals surface area contributed by atoms with Crippen LogP contribution in [0.4, 0.5) is 0 Å². The van der Waals surface area contributed by atoms with E-state index in [9.17, 15) is 19.2 Å². The van der Waals surface area contributed by atoms with Crippen molar-refractivity contribution in [2.45, 2.75) is 44.3 Å². The molecule has 0 aromatic rings. The largest absolute Gasteiger partial charge is 0.481 e. The minimum absolute atomic E-state index is 0.0937. The number of aliphatic carboxylic acids is 2. The van der Waals surface area contributed by atoms with Crippen molar-refractivity contribution in [2.75, 3.05) is 6.54 Å². The molecule has 0 aromatic carbocycles. The van der Waals surface area contributed by atoms with Crippen molar-refractivity contribution in [3.63, 3.8) is 0 Å². The summed E-state index contributed by atoms with van der Waals surface area (Å²) in [5.74, 6) is -4.41. The van der Waals surface area contributed by atoms with Crippen LogP contribution in [0.1, 0.15) is 26.2 Å². The van der Waals surface area contributed by atoms with Gasteiger partial charge in [0.15, 0.2) is 5.96 Å². The Morgan fingerprint density at radius 1 is 1.08 bits per heavy atom. The lowest BCUT2D eigenvalue weighted by molar-refractivity contribution is -0.143. The predicted octanol–water partition coefficient (Wildman–Crippen LogP) is -3.08. The zero-order valence-corrected chi connectivity index (χ0v) is 13.8. The van der Waals surface area contributed by atoms with Gasteiger partial charge in [-0.25, -0.2) is 0 Å². The number of hydrogen-bond donors (Lipinski definition) is 7. The van der Waals surface area contributed by atoms with E-state index >= 15 is 0 Å². The Morgan fingerprint density at radius 3 is 2.16 bits per heavy atom. The Bertz CT molecular complexity index is 533. The molecule has 12 heteroatoms. The SMILES string of the molecule is CC(NC(=O)C(CC(=O)O)NC(=O)C(N)CCCN=C(N)N)C(=O)O. The molecule has 0 bridgehead atoms. The maximum atomic E-state index is 12.0. The van der Waals surface area contributed by atoms with Crippen LogP contribution in [0, 0.1) is 0 Å². The molecule has 0 aromatic heterocycles. The molecule has 0 aliphatic heterocycles. The zero-order chi connectivity index (χ0) is 19.6. The Balaban J connectivity index is 4.70. The van der Waals surface area contributed by atoms with Crippen LogP contribution in [-0.2, 0) is 19.2 Å². The molecule has 3 atom stereocenters. The van der Waals surface area contributed by atoms with Crippen LogP contribution in [0.2, 0.25) is 0 Å². The summed E-state index contributed by atoms with van der Waals surface area (Å²) >= 11 is 0. The van der Waals surface area contributed by atoms with Gasteiger partial charge in [-0.05, 0) is 19.8 Å². The minimum Gasteiger partial charge on any atom is -0.481 e. The van der Waals surface area contributed by atoms with Crippen molar-refractivity contribution in [2.24, 2.45) is 22.2 Å². The smallest absolute Gasteiger partial charge is 0.325 e. The van der Waals surface area contributed by atoms with E-state index in [0.717, 1.165) is 0 Å². The summed E-state index contributed by atoms with van der Waals surface area (Å²) in [5, 5.41) is 21.9. The van der Waals surface area contributed by atoms with Gasteiger partial charge in [-0.3, -0.25) is 24.2 Å². The van der Waals surface area contributed by atoms with Crippen LogP contribution in [-0.4, -0.2) is 64.6 Å². The van der Waals surface area contributed by atoms with E-state index in [1.165, 1.54) is 6.92 Å². The first-order valence-corrected chi connectivity index (χ1v) is 7.41. The summed E-state index contributed by atoms with van der Waals surface area (Å²) in [6, 6.07) is -3.69. The first-order valence-electron chi connectivity index (χ1n) is 7.41. The van der Waals surface area contributed by atoms with E-state index in [1.807, 2.05) is 0 Å². The number of guanidine groups is 1. The number of carbonyl (C=O) groups excluding carboxylic acids is 2. The highest BCUT2D eigenvalue weighted by Gasteiger charge is 2.27. The van der Waals surface area contributed by atoms with Gasteiger partial charge in [0.05, 0.1) is 12.5 Å². The summed E-state index contributed by atoms with van der Waals surface area (Å²) in [5.41, 5.74) is 16.0. The standard InChI is InChI=1S/C13H24N6O6/c1-6(12(24)25)18-11(23)8(5-9(20)21)19-10(22)7(14)3-2-4-17-13(15)16/h6-8H,2-5,14H2,1H3,(H,18,23)(H,19,22)(H,20,21)(H,24,25)(H4,15,16,17). The van der Waals surface area contributed by atoms with Crippen LogP contribution in [0.15, 0.2) is 4.99 Å². The highest BCUT2D eigenvalue weighted by atomic mass is 16.4. The number of nitrogens with one attached hydrogen (secondary N) is 2. The summed E-state index contributed by atoms with van der Waals surface area (Å²) in [6.07, 6.45) is -0.113. The molecule has 2 amide bonds. The number of nitrogens with two attached hydrogens (primary N) is 3. The number of carboxylic acid groups (broad SMARTS) is 2. The molecule has 0 saturated heterocycles. The monoisotopic (exact) mass is 360 g/mol. The highest BCUT2D eigenvalue weighted by Crippen LogP contribution is 2.00. The molecule has 142 valence electrons. The first kappa shape index (κ1) is 22.1. The van der Waals surface area contributed by atoms with Gasteiger partial charge in [-0.15, -0.1) is 0 Å². The molecule has 0 rings (SSSR count). The minimum atomic E-state index is -1.45. The van der Waals surface area contributed by atoms with Crippen molar-refractivity contribution in [3.05, 3.63) is 0 Å². The van der Waals surface area contributed by atoms with Gasteiger partial charge in [0, 0.05) is 6.54 Å². The lowest BCUT2D eigenvalue weighted by Crippen LogP contribution is -2.54. The van der Waals surface area contributed by atoms with E-state index in [0.29, 0.717) is 6.42 Å². The van der Waals surface area contributed by atoms with Gasteiger partial charge in [-0.1, -0.05) is 0 Å². The van der Waals surface area contributed by atoms with Gasteiger partial charge in [-0.2, -0.15) is 0 Å². The molecule has 0 heterocycles. The molecule has 12 nitrogen and oxygen atoms in total. The Labute approximate surface area is 143 Å². The Hall–Kier alpha value is -2.89. The third-order valence-electron chi connectivity index (χ3n) is 3.05. The summed E-state index contributed by atoms with van der Waals surface area (Å²) < 4.78 is 0. The molecule has 3 unspecified atom stereocenters. The van der Waals surface area contributed by atoms with Gasteiger partial charge in [0.2, 0.25) is 11.8 Å². The average molecular weight is 360 g/mol. The third kappa shape index (κ3) is 9.76. The fourth-order valence-corrected chi connectivity index (χ4v) is 1.69. The lowest BCUT2D eigenvalue weighted by Gasteiger charge is -2.20. The Kier molecular flexibility index (Phi) is 9.56. The molecule has 0 aliphatic rings. The maximum Gasteiger partial charge on any atom is 0.325 e. The van der Waals surface area contributed by atoms with Gasteiger partial charge in [0.1, 0.15) is 12.1 Å². The summed E-state index contributed by atoms with van der Waals surface area (Å²) in [7, 11) is 0. The molecular formula is C13H24N6O6. The summed E-state index contributed by atoms with van der Waals surface area (Å²) in [6.45, 7) is 1.47. The number of carboxylic acids is 2. The van der Waals surface area contributed by atoms with Crippen molar-refractivity contribution in [3.8, 4) is 0 Å². The van der Waals surface area contributed by atoms with E-state index < -0.39 is 48.3 Å². The van der Waals surface area contributed by atoms with E-state index in [4.69, 9.17) is 27.4 Å². The fraction of sp³-hybridized carbons (Fsp3) is 0.615. The average Bonchev–Trinajstić information content (AvgIpc) is 2.49. The number of carbonyl (C=O) groups is 4. The second kappa shape index (κ2) is 10.8. The third-order valence-corrected chi connectivity index (χ3v) is 3.05. The lowest BCUT2D eigenvalue weighted by atomic mass is 10.1. The van der Waals surface area contributed by atoms with Crippen molar-refractivity contribution in [1.82, 2.24) is 10.6 Å². The number of aliphatic imine (C=N–C) groups is 1. The topological polar surface area (TPSA) is 223 Å². The quantitative estimate of drug-likeness (QED) is 0.112. The summed E-state index contributed by atoms with van der Waals surface area (Å²) in [4.78, 5) is 49.2. The molecule has 10 N–H and O–H groups in total. The number of hydrogen-bond acceptors (Lipinski definition) is 6. The number of rotatable bonds is 11. The van der Waals surface area contributed by atoms with Crippen LogP contribution < -0.4 is 27.8 Å². The van der Waals surface area contributed by atoms with Crippen LogP contribution in [0.5, 0.6) is 0 Å². The van der Waals surface area contributed by atoms with Crippen LogP contribution >= 0.6 is 0 Å². The zero-order valence-electron chi connectivity index (χ0n) is 13.8. The molecule has 0 aliphatic carbocycles. The van der Waals surface area contributed by atoms with Gasteiger partial charge < -0.3 is 38.0 Å². The second-order valence-corrected chi connectivity index (χ2v) is 5.28. The van der Waals surface area contributed by atoms with Gasteiger partial charge in [0.25, 0.3) is 0 Å². The first-order chi connectivity index (χ1) is 11.5. The van der Waals surface area contributed by atoms with Crippen LogP contribution in [0.3, 0.4) is 0 Å². The van der Waals surface area contributed by atoms with Crippen molar-refractivity contribution in [1.29, 1.82) is 0 Å². The van der Waals surface area contributed by atoms with Crippen molar-refractivity contribution >= 4 is 29.7 Å². The van der Waals surface area contributed by atoms with Crippen molar-refractivity contribution < 1.29 is 29.4 Å². The molecule has 0 fully saturated rings. The molecule has 0 radical (unpaired) electrons. The van der Waals surface area contributed by atoms with Crippen LogP contribution in [0.25, 0.3) is 0 Å². The molecule has 0 spiro atoms. The number of nitrogens with zero attached hydrogens (tertiary/aromatic N) is 1. The normalized spacial score (nSPS) is 13.8. The van der Waals surface area contributed by atoms with E-state index in [1.54, 1.807) is 0 Å². The predicted molar refractivity (Wildman–Crippen MR) is 87.3 cm³/mol. The molecular weight excluding hydrogens is 336 g/mol. The van der Waals surface area contributed by atoms with Gasteiger partial charge >= 0.3 is 11.9 Å². The van der Waals surface area contributed by atoms with E-state index in [2.05, 4.69) is 15.6 Å².